The van der Waals surface area contributed by atoms with Crippen LogP contribution in [0.2, 0.25) is 0 Å². The maximum Gasteiger partial charge on any atom is 0.175 e. The molecule has 3 aromatic carbocycles. The van der Waals surface area contributed by atoms with Crippen LogP contribution in [0.15, 0.2) is 90.1 Å². The molecule has 0 aliphatic heterocycles. The number of pyridine rings is 1. The molecule has 0 aliphatic carbocycles. The third-order valence-electron chi connectivity index (χ3n) is 4.99. The van der Waals surface area contributed by atoms with E-state index in [4.69, 9.17) is 4.98 Å². The Balaban J connectivity index is 1.76. The molecule has 0 saturated carbocycles. The van der Waals surface area contributed by atoms with Gasteiger partial charge in [-0.15, -0.1) is 0 Å². The van der Waals surface area contributed by atoms with Crippen LogP contribution in [0, 0.1) is 0 Å². The number of sulfone groups is 1. The Kier molecular flexibility index (Phi) is 3.96. The van der Waals surface area contributed by atoms with Crippen LogP contribution in [0.4, 0.5) is 0 Å². The van der Waals surface area contributed by atoms with Crippen molar-refractivity contribution in [3.8, 4) is 17.1 Å². The molecule has 142 valence electrons. The molecule has 2 aromatic heterocycles. The average Bonchev–Trinajstić information content (AvgIpc) is 3.12. The minimum Gasteiger partial charge on any atom is -0.292 e. The number of fused-ring (bicyclic) bond motifs is 2. The number of imidazole rings is 1. The molecule has 0 fully saturated rings. The van der Waals surface area contributed by atoms with E-state index in [0.717, 1.165) is 33.5 Å². The first kappa shape index (κ1) is 17.6. The highest BCUT2D eigenvalue weighted by Crippen LogP contribution is 2.30. The van der Waals surface area contributed by atoms with Crippen LogP contribution in [-0.2, 0) is 9.84 Å². The lowest BCUT2D eigenvalue weighted by Crippen LogP contribution is -1.99. The summed E-state index contributed by atoms with van der Waals surface area (Å²) in [5.74, 6) is 0.739. The molecule has 29 heavy (non-hydrogen) atoms. The van der Waals surface area contributed by atoms with E-state index in [1.807, 2.05) is 18.2 Å². The molecule has 0 aliphatic rings. The molecular formula is C23H17N3O2S. The summed E-state index contributed by atoms with van der Waals surface area (Å²) in [6.45, 7) is 0. The molecule has 0 radical (unpaired) electrons. The second-order valence-electron chi connectivity index (χ2n) is 6.96. The molecule has 0 unspecified atom stereocenters. The van der Waals surface area contributed by atoms with Gasteiger partial charge in [0.2, 0.25) is 0 Å². The number of hydrogen-bond acceptors (Lipinski definition) is 4. The molecule has 2 heterocycles. The fraction of sp³-hybridized carbons (Fsp3) is 0.0435. The van der Waals surface area contributed by atoms with Gasteiger partial charge in [-0.2, -0.15) is 0 Å². The fourth-order valence-electron chi connectivity index (χ4n) is 3.55. The number of benzene rings is 3. The highest BCUT2D eigenvalue weighted by molar-refractivity contribution is 7.90. The van der Waals surface area contributed by atoms with Crippen molar-refractivity contribution < 1.29 is 8.42 Å². The summed E-state index contributed by atoms with van der Waals surface area (Å²) in [7, 11) is -3.25. The van der Waals surface area contributed by atoms with Crippen molar-refractivity contribution in [3.63, 3.8) is 0 Å². The Morgan fingerprint density at radius 3 is 2.38 bits per heavy atom. The van der Waals surface area contributed by atoms with Gasteiger partial charge in [0.1, 0.15) is 11.3 Å². The Morgan fingerprint density at radius 2 is 1.62 bits per heavy atom. The number of nitrogens with zero attached hydrogens (tertiary/aromatic N) is 3. The molecule has 0 amide bonds. The van der Waals surface area contributed by atoms with Gasteiger partial charge in [-0.25, -0.2) is 13.4 Å². The van der Waals surface area contributed by atoms with Crippen LogP contribution in [0.5, 0.6) is 0 Å². The summed E-state index contributed by atoms with van der Waals surface area (Å²) in [4.78, 5) is 9.27. The molecule has 0 spiro atoms. The number of hydrogen-bond donors (Lipinski definition) is 0. The van der Waals surface area contributed by atoms with Crippen LogP contribution in [0.3, 0.4) is 0 Å². The lowest BCUT2D eigenvalue weighted by Gasteiger charge is -2.11. The second kappa shape index (κ2) is 6.53. The average molecular weight is 399 g/mol. The highest BCUT2D eigenvalue weighted by Gasteiger charge is 2.16. The monoisotopic (exact) mass is 399 g/mol. The zero-order valence-corrected chi connectivity index (χ0v) is 16.5. The Bertz CT molecular complexity index is 1470. The van der Waals surface area contributed by atoms with Gasteiger partial charge in [-0.3, -0.25) is 9.55 Å². The third kappa shape index (κ3) is 3.07. The van der Waals surface area contributed by atoms with E-state index in [-0.39, 0.29) is 4.90 Å². The summed E-state index contributed by atoms with van der Waals surface area (Å²) in [5.41, 5.74) is 3.54. The number of rotatable bonds is 3. The molecular weight excluding hydrogens is 382 g/mol. The topological polar surface area (TPSA) is 64.8 Å². The van der Waals surface area contributed by atoms with Gasteiger partial charge < -0.3 is 0 Å². The minimum absolute atomic E-state index is 0.288. The van der Waals surface area contributed by atoms with E-state index in [1.165, 1.54) is 11.6 Å². The molecule has 0 saturated heterocycles. The van der Waals surface area contributed by atoms with Crippen LogP contribution in [-0.4, -0.2) is 29.2 Å². The van der Waals surface area contributed by atoms with Crippen LogP contribution >= 0.6 is 0 Å². The zero-order valence-electron chi connectivity index (χ0n) is 15.6. The van der Waals surface area contributed by atoms with Gasteiger partial charge in [0.05, 0.1) is 16.6 Å². The third-order valence-corrected chi connectivity index (χ3v) is 6.12. The van der Waals surface area contributed by atoms with Crippen molar-refractivity contribution >= 4 is 31.6 Å². The summed E-state index contributed by atoms with van der Waals surface area (Å²) in [5, 5.41) is 2.31. The lowest BCUT2D eigenvalue weighted by atomic mass is 10.1. The van der Waals surface area contributed by atoms with Crippen molar-refractivity contribution in [3.05, 3.63) is 85.2 Å². The number of aromatic nitrogens is 3. The minimum atomic E-state index is -3.25. The summed E-state index contributed by atoms with van der Waals surface area (Å²) >= 11 is 0. The molecule has 5 rings (SSSR count). The van der Waals surface area contributed by atoms with Crippen molar-refractivity contribution in [1.29, 1.82) is 0 Å². The SMILES string of the molecule is CS(=O)(=O)c1ccc(-c2nc3cnccc3n2-c2ccc3ccccc3c2)cc1. The first-order valence-electron chi connectivity index (χ1n) is 9.13. The van der Waals surface area contributed by atoms with Gasteiger partial charge in [-0.1, -0.05) is 30.3 Å². The van der Waals surface area contributed by atoms with Gasteiger partial charge in [0, 0.05) is 23.7 Å². The quantitative estimate of drug-likeness (QED) is 0.443. The van der Waals surface area contributed by atoms with Crippen LogP contribution in [0.25, 0.3) is 38.9 Å². The van der Waals surface area contributed by atoms with Gasteiger partial charge >= 0.3 is 0 Å². The molecule has 0 bridgehead atoms. The molecule has 5 aromatic rings. The van der Waals surface area contributed by atoms with Crippen LogP contribution in [0.1, 0.15) is 0 Å². The van der Waals surface area contributed by atoms with Crippen molar-refractivity contribution in [2.45, 2.75) is 4.90 Å². The van der Waals surface area contributed by atoms with Crippen molar-refractivity contribution in [1.82, 2.24) is 14.5 Å². The molecule has 0 atom stereocenters. The zero-order chi connectivity index (χ0) is 20.0. The van der Waals surface area contributed by atoms with E-state index in [9.17, 15) is 8.42 Å². The molecule has 6 heteroatoms. The lowest BCUT2D eigenvalue weighted by molar-refractivity contribution is 0.602. The Hall–Kier alpha value is -3.51. The predicted molar refractivity (Wildman–Crippen MR) is 115 cm³/mol. The van der Waals surface area contributed by atoms with E-state index in [0.29, 0.717) is 0 Å². The standard InChI is InChI=1S/C23H17N3O2S/c1-29(27,28)20-10-7-17(8-11-20)23-25-21-15-24-13-12-22(21)26(23)19-9-6-16-4-2-3-5-18(16)14-19/h2-15H,1H3. The summed E-state index contributed by atoms with van der Waals surface area (Å²) in [6.07, 6.45) is 4.69. The second-order valence-corrected chi connectivity index (χ2v) is 8.98. The van der Waals surface area contributed by atoms with E-state index < -0.39 is 9.84 Å². The Labute approximate surface area is 168 Å². The first-order valence-corrected chi connectivity index (χ1v) is 11.0. The van der Waals surface area contributed by atoms with Crippen molar-refractivity contribution in [2.75, 3.05) is 6.26 Å². The van der Waals surface area contributed by atoms with E-state index in [1.54, 1.807) is 36.7 Å². The molecule has 5 nitrogen and oxygen atoms in total. The predicted octanol–water partition coefficient (Wildman–Crippen LogP) is 4.64. The van der Waals surface area contributed by atoms with E-state index in [2.05, 4.69) is 39.9 Å². The maximum absolute atomic E-state index is 11.8. The van der Waals surface area contributed by atoms with Gasteiger partial charge in [0.25, 0.3) is 0 Å². The van der Waals surface area contributed by atoms with E-state index >= 15 is 0 Å². The fourth-order valence-corrected chi connectivity index (χ4v) is 4.18. The summed E-state index contributed by atoms with van der Waals surface area (Å²) in [6, 6.07) is 23.3. The largest absolute Gasteiger partial charge is 0.292 e. The Morgan fingerprint density at radius 1 is 0.862 bits per heavy atom. The normalized spacial score (nSPS) is 11.9. The highest BCUT2D eigenvalue weighted by atomic mass is 32.2. The summed E-state index contributed by atoms with van der Waals surface area (Å²) < 4.78 is 25.7. The van der Waals surface area contributed by atoms with Crippen molar-refractivity contribution in [2.24, 2.45) is 0 Å². The van der Waals surface area contributed by atoms with Gasteiger partial charge in [0.15, 0.2) is 9.84 Å². The van der Waals surface area contributed by atoms with Gasteiger partial charge in [-0.05, 0) is 53.2 Å². The maximum atomic E-state index is 11.8. The molecule has 0 N–H and O–H groups in total. The smallest absolute Gasteiger partial charge is 0.175 e. The first-order chi connectivity index (χ1) is 14.0. The van der Waals surface area contributed by atoms with Crippen LogP contribution < -0.4 is 0 Å².